The molecule has 0 atom stereocenters. The highest BCUT2D eigenvalue weighted by atomic mass is 32.1. The third-order valence-electron chi connectivity index (χ3n) is 3.16. The molecule has 82 valence electrons. The van der Waals surface area contributed by atoms with E-state index < -0.39 is 0 Å². The van der Waals surface area contributed by atoms with Gasteiger partial charge in [-0.15, -0.1) is 0 Å². The Morgan fingerprint density at radius 3 is 2.80 bits per heavy atom. The average molecular weight is 224 g/mol. The van der Waals surface area contributed by atoms with Gasteiger partial charge in [0.05, 0.1) is 0 Å². The van der Waals surface area contributed by atoms with Gasteiger partial charge in [0.2, 0.25) is 0 Å². The summed E-state index contributed by atoms with van der Waals surface area (Å²) >= 11 is 5.16. The predicted molar refractivity (Wildman–Crippen MR) is 61.3 cm³/mol. The minimum Gasteiger partial charge on any atom is -0.370 e. The maximum absolute atomic E-state index is 5.57. The van der Waals surface area contributed by atoms with Crippen LogP contribution >= 0.6 is 12.2 Å². The van der Waals surface area contributed by atoms with E-state index in [0.717, 1.165) is 30.8 Å². The van der Waals surface area contributed by atoms with Crippen molar-refractivity contribution < 1.29 is 4.74 Å². The molecule has 1 aliphatic carbocycles. The summed E-state index contributed by atoms with van der Waals surface area (Å²) < 4.78 is 6.23. The van der Waals surface area contributed by atoms with Crippen molar-refractivity contribution in [1.29, 1.82) is 0 Å². The second-order valence-electron chi connectivity index (χ2n) is 4.00. The van der Waals surface area contributed by atoms with Gasteiger partial charge in [-0.2, -0.15) is 0 Å². The van der Waals surface area contributed by atoms with Crippen LogP contribution in [0.2, 0.25) is 0 Å². The van der Waals surface area contributed by atoms with E-state index >= 15 is 0 Å². The molecule has 0 radical (unpaired) electrons. The number of hydrogen-bond acceptors (Lipinski definition) is 3. The quantitative estimate of drug-likeness (QED) is 0.802. The van der Waals surface area contributed by atoms with E-state index in [9.17, 15) is 0 Å². The summed E-state index contributed by atoms with van der Waals surface area (Å²) in [6.07, 6.45) is 4.22. The van der Waals surface area contributed by atoms with Crippen molar-refractivity contribution in [3.63, 3.8) is 0 Å². The van der Waals surface area contributed by atoms with Crippen LogP contribution in [0, 0.1) is 4.64 Å². The first kappa shape index (κ1) is 10.8. The summed E-state index contributed by atoms with van der Waals surface area (Å²) in [5.41, 5.74) is 0.937. The van der Waals surface area contributed by atoms with E-state index in [0.29, 0.717) is 4.64 Å². The van der Waals surface area contributed by atoms with Crippen molar-refractivity contribution in [2.45, 2.75) is 38.2 Å². The molecule has 1 saturated carbocycles. The zero-order chi connectivity index (χ0) is 10.9. The molecule has 0 unspecified atom stereocenters. The first-order valence-corrected chi connectivity index (χ1v) is 5.77. The van der Waals surface area contributed by atoms with E-state index in [1.165, 1.54) is 6.42 Å². The lowest BCUT2D eigenvalue weighted by Gasteiger charge is -2.39. The number of rotatable bonds is 3. The van der Waals surface area contributed by atoms with Crippen molar-refractivity contribution in [3.05, 3.63) is 22.2 Å². The molecule has 1 aliphatic rings. The number of aryl methyl sites for hydroxylation is 1. The molecule has 1 N–H and O–H groups in total. The Morgan fingerprint density at radius 2 is 2.33 bits per heavy atom. The van der Waals surface area contributed by atoms with Crippen molar-refractivity contribution in [2.24, 2.45) is 0 Å². The fourth-order valence-corrected chi connectivity index (χ4v) is 2.18. The molecule has 2 rings (SSSR count). The van der Waals surface area contributed by atoms with Crippen molar-refractivity contribution in [3.8, 4) is 0 Å². The number of H-pyrrole nitrogens is 1. The standard InChI is InChI=1S/C11H16N2OS/c1-3-8-7-9(15)13-10(12-8)11(14-2)5-4-6-11/h7H,3-6H2,1-2H3,(H,12,13,15). The molecule has 0 amide bonds. The number of aromatic amines is 1. The fraction of sp³-hybridized carbons (Fsp3) is 0.636. The Labute approximate surface area is 94.9 Å². The first-order chi connectivity index (χ1) is 7.20. The Bertz CT molecular complexity index is 404. The molecule has 0 aromatic carbocycles. The van der Waals surface area contributed by atoms with Gasteiger partial charge < -0.3 is 9.72 Å². The van der Waals surface area contributed by atoms with Crippen LogP contribution in [0.5, 0.6) is 0 Å². The van der Waals surface area contributed by atoms with Crippen molar-refractivity contribution in [1.82, 2.24) is 9.97 Å². The highest BCUT2D eigenvalue weighted by Gasteiger charge is 2.41. The summed E-state index contributed by atoms with van der Waals surface area (Å²) in [6, 6.07) is 1.92. The molecule has 0 aliphatic heterocycles. The van der Waals surface area contributed by atoms with E-state index in [1.807, 2.05) is 6.07 Å². The van der Waals surface area contributed by atoms with Crippen LogP contribution in [0.4, 0.5) is 0 Å². The maximum Gasteiger partial charge on any atom is 0.140 e. The molecule has 15 heavy (non-hydrogen) atoms. The van der Waals surface area contributed by atoms with Crippen LogP contribution in [0.15, 0.2) is 6.07 Å². The lowest BCUT2D eigenvalue weighted by atomic mass is 9.79. The number of methoxy groups -OCH3 is 1. The monoisotopic (exact) mass is 224 g/mol. The summed E-state index contributed by atoms with van der Waals surface area (Å²) in [5.74, 6) is 0.903. The van der Waals surface area contributed by atoms with Gasteiger partial charge in [0.25, 0.3) is 0 Å². The van der Waals surface area contributed by atoms with Gasteiger partial charge in [-0.05, 0) is 31.7 Å². The molecular formula is C11H16N2OS. The van der Waals surface area contributed by atoms with Gasteiger partial charge >= 0.3 is 0 Å². The van der Waals surface area contributed by atoms with Crippen LogP contribution in [-0.4, -0.2) is 17.1 Å². The molecule has 0 bridgehead atoms. The van der Waals surface area contributed by atoms with E-state index in [1.54, 1.807) is 7.11 Å². The third kappa shape index (κ3) is 1.84. The Hall–Kier alpha value is -0.740. The number of aromatic nitrogens is 2. The summed E-state index contributed by atoms with van der Waals surface area (Å²) in [4.78, 5) is 7.71. The van der Waals surface area contributed by atoms with Crippen LogP contribution in [-0.2, 0) is 16.8 Å². The van der Waals surface area contributed by atoms with Gasteiger partial charge in [0, 0.05) is 12.8 Å². The summed E-state index contributed by atoms with van der Waals surface area (Å²) in [5, 5.41) is 0. The average Bonchev–Trinajstić information content (AvgIpc) is 2.16. The van der Waals surface area contributed by atoms with Crippen molar-refractivity contribution in [2.75, 3.05) is 7.11 Å². The Morgan fingerprint density at radius 1 is 1.60 bits per heavy atom. The number of hydrogen-bond donors (Lipinski definition) is 1. The smallest absolute Gasteiger partial charge is 0.140 e. The number of nitrogens with zero attached hydrogens (tertiary/aromatic N) is 1. The highest BCUT2D eigenvalue weighted by molar-refractivity contribution is 7.71. The first-order valence-electron chi connectivity index (χ1n) is 5.36. The number of nitrogens with one attached hydrogen (secondary N) is 1. The summed E-state index contributed by atoms with van der Waals surface area (Å²) in [6.45, 7) is 2.10. The van der Waals surface area contributed by atoms with E-state index in [-0.39, 0.29) is 5.60 Å². The second-order valence-corrected chi connectivity index (χ2v) is 4.42. The summed E-state index contributed by atoms with van der Waals surface area (Å²) in [7, 11) is 1.75. The molecule has 0 saturated heterocycles. The van der Waals surface area contributed by atoms with E-state index in [2.05, 4.69) is 16.9 Å². The van der Waals surface area contributed by atoms with Crippen LogP contribution < -0.4 is 0 Å². The van der Waals surface area contributed by atoms with Gasteiger partial charge in [0.1, 0.15) is 16.1 Å². The molecule has 1 aromatic rings. The molecule has 1 aromatic heterocycles. The van der Waals surface area contributed by atoms with E-state index in [4.69, 9.17) is 17.0 Å². The molecule has 3 nitrogen and oxygen atoms in total. The van der Waals surface area contributed by atoms with Gasteiger partial charge in [0.15, 0.2) is 0 Å². The minimum absolute atomic E-state index is 0.196. The molecule has 1 fully saturated rings. The second kappa shape index (κ2) is 4.02. The Kier molecular flexibility index (Phi) is 2.89. The molecule has 4 heteroatoms. The highest BCUT2D eigenvalue weighted by Crippen LogP contribution is 2.42. The SMILES string of the molecule is CCc1cc(=S)nc(C2(OC)CCC2)[nH]1. The van der Waals surface area contributed by atoms with Gasteiger partial charge in [-0.1, -0.05) is 19.1 Å². The van der Waals surface area contributed by atoms with Crippen molar-refractivity contribution >= 4 is 12.2 Å². The lowest BCUT2D eigenvalue weighted by Crippen LogP contribution is -2.38. The largest absolute Gasteiger partial charge is 0.370 e. The topological polar surface area (TPSA) is 37.9 Å². The fourth-order valence-electron chi connectivity index (χ4n) is 1.95. The normalized spacial score (nSPS) is 18.5. The molecule has 1 heterocycles. The molecule has 0 spiro atoms. The number of ether oxygens (including phenoxy) is 1. The zero-order valence-electron chi connectivity index (χ0n) is 9.17. The predicted octanol–water partition coefficient (Wildman–Crippen LogP) is 2.73. The van der Waals surface area contributed by atoms with Crippen LogP contribution in [0.25, 0.3) is 0 Å². The Balaban J connectivity index is 2.43. The van der Waals surface area contributed by atoms with Crippen LogP contribution in [0.3, 0.4) is 0 Å². The minimum atomic E-state index is -0.196. The van der Waals surface area contributed by atoms with Gasteiger partial charge in [-0.3, -0.25) is 0 Å². The van der Waals surface area contributed by atoms with Gasteiger partial charge in [-0.25, -0.2) is 4.98 Å². The zero-order valence-corrected chi connectivity index (χ0v) is 9.99. The van der Waals surface area contributed by atoms with Crippen LogP contribution in [0.1, 0.15) is 37.7 Å². The lowest BCUT2D eigenvalue weighted by molar-refractivity contribution is -0.0848. The third-order valence-corrected chi connectivity index (χ3v) is 3.37. The maximum atomic E-state index is 5.57. The molecular weight excluding hydrogens is 208 g/mol.